The first-order valence-electron chi connectivity index (χ1n) is 9.02. The second-order valence-electron chi connectivity index (χ2n) is 6.89. The monoisotopic (exact) mass is 374 g/mol. The SMILES string of the molecule is Cc1ccccc1CNC(=O)C1CCN(Cc2c(F)cccc2Cl)CC1. The van der Waals surface area contributed by atoms with Gasteiger partial charge in [0.05, 0.1) is 0 Å². The quantitative estimate of drug-likeness (QED) is 0.845. The molecule has 0 spiro atoms. The molecular formula is C21H24ClFN2O. The second-order valence-corrected chi connectivity index (χ2v) is 7.30. The van der Waals surface area contributed by atoms with Crippen molar-refractivity contribution in [3.8, 4) is 0 Å². The molecule has 0 bridgehead atoms. The lowest BCUT2D eigenvalue weighted by Gasteiger charge is -2.31. The fraction of sp³-hybridized carbons (Fsp3) is 0.381. The van der Waals surface area contributed by atoms with Crippen LogP contribution in [0, 0.1) is 18.7 Å². The Morgan fingerprint density at radius 3 is 2.62 bits per heavy atom. The lowest BCUT2D eigenvalue weighted by molar-refractivity contribution is -0.126. The lowest BCUT2D eigenvalue weighted by Crippen LogP contribution is -2.40. The Bertz CT molecular complexity index is 752. The van der Waals surface area contributed by atoms with E-state index in [0.717, 1.165) is 31.5 Å². The zero-order valence-electron chi connectivity index (χ0n) is 15.0. The van der Waals surface area contributed by atoms with Crippen molar-refractivity contribution in [3.05, 3.63) is 70.0 Å². The smallest absolute Gasteiger partial charge is 0.223 e. The zero-order chi connectivity index (χ0) is 18.5. The van der Waals surface area contributed by atoms with E-state index >= 15 is 0 Å². The molecule has 1 aliphatic heterocycles. The van der Waals surface area contributed by atoms with Crippen LogP contribution < -0.4 is 5.32 Å². The van der Waals surface area contributed by atoms with Crippen LogP contribution in [-0.2, 0) is 17.9 Å². The minimum Gasteiger partial charge on any atom is -0.352 e. The third kappa shape index (κ3) is 4.63. The van der Waals surface area contributed by atoms with Crippen LogP contribution in [-0.4, -0.2) is 23.9 Å². The summed E-state index contributed by atoms with van der Waals surface area (Å²) in [5.41, 5.74) is 2.87. The third-order valence-corrected chi connectivity index (χ3v) is 5.47. The number of benzene rings is 2. The van der Waals surface area contributed by atoms with Gasteiger partial charge in [0, 0.05) is 29.6 Å². The lowest BCUT2D eigenvalue weighted by atomic mass is 9.95. The first kappa shape index (κ1) is 18.9. The fourth-order valence-corrected chi connectivity index (χ4v) is 3.62. The Labute approximate surface area is 159 Å². The summed E-state index contributed by atoms with van der Waals surface area (Å²) in [7, 11) is 0. The molecular weight excluding hydrogens is 351 g/mol. The molecule has 26 heavy (non-hydrogen) atoms. The van der Waals surface area contributed by atoms with E-state index < -0.39 is 0 Å². The van der Waals surface area contributed by atoms with Crippen LogP contribution in [0.25, 0.3) is 0 Å². The van der Waals surface area contributed by atoms with Crippen LogP contribution in [0.4, 0.5) is 4.39 Å². The topological polar surface area (TPSA) is 32.3 Å². The molecule has 0 radical (unpaired) electrons. The van der Waals surface area contributed by atoms with Gasteiger partial charge >= 0.3 is 0 Å². The number of hydrogen-bond donors (Lipinski definition) is 1. The number of carbonyl (C=O) groups is 1. The number of piperidine rings is 1. The van der Waals surface area contributed by atoms with Crippen molar-refractivity contribution in [1.29, 1.82) is 0 Å². The van der Waals surface area contributed by atoms with Gasteiger partial charge in [0.2, 0.25) is 5.91 Å². The molecule has 2 aromatic carbocycles. The predicted octanol–water partition coefficient (Wildman–Crippen LogP) is 4.32. The molecule has 1 saturated heterocycles. The van der Waals surface area contributed by atoms with Gasteiger partial charge in [-0.2, -0.15) is 0 Å². The molecule has 2 aromatic rings. The maximum absolute atomic E-state index is 13.9. The summed E-state index contributed by atoms with van der Waals surface area (Å²) in [5.74, 6) is -0.140. The highest BCUT2D eigenvalue weighted by Gasteiger charge is 2.25. The number of hydrogen-bond acceptors (Lipinski definition) is 2. The van der Waals surface area contributed by atoms with Crippen molar-refractivity contribution >= 4 is 17.5 Å². The highest BCUT2D eigenvalue weighted by atomic mass is 35.5. The molecule has 0 saturated carbocycles. The molecule has 1 amide bonds. The van der Waals surface area contributed by atoms with Crippen LogP contribution in [0.15, 0.2) is 42.5 Å². The maximum atomic E-state index is 13.9. The van der Waals surface area contributed by atoms with Crippen molar-refractivity contribution in [2.75, 3.05) is 13.1 Å². The van der Waals surface area contributed by atoms with Gasteiger partial charge in [-0.3, -0.25) is 9.69 Å². The molecule has 1 N–H and O–H groups in total. The minimum atomic E-state index is -0.268. The van der Waals surface area contributed by atoms with E-state index in [1.54, 1.807) is 12.1 Å². The summed E-state index contributed by atoms with van der Waals surface area (Å²) >= 11 is 6.11. The Balaban J connectivity index is 1.49. The molecule has 3 nitrogen and oxygen atoms in total. The number of nitrogens with one attached hydrogen (secondary N) is 1. The number of amides is 1. The van der Waals surface area contributed by atoms with E-state index in [1.165, 1.54) is 11.6 Å². The van der Waals surface area contributed by atoms with Gasteiger partial charge in [-0.05, 0) is 56.1 Å². The van der Waals surface area contributed by atoms with Crippen LogP contribution in [0.3, 0.4) is 0 Å². The van der Waals surface area contributed by atoms with Crippen molar-refractivity contribution in [1.82, 2.24) is 10.2 Å². The molecule has 138 valence electrons. The molecule has 1 aliphatic rings. The number of nitrogens with zero attached hydrogens (tertiary/aromatic N) is 1. The first-order chi connectivity index (χ1) is 12.5. The van der Waals surface area contributed by atoms with Gasteiger partial charge in [0.1, 0.15) is 5.82 Å². The molecule has 3 rings (SSSR count). The Morgan fingerprint density at radius 1 is 1.19 bits per heavy atom. The molecule has 5 heteroatoms. The number of rotatable bonds is 5. The summed E-state index contributed by atoms with van der Waals surface area (Å²) in [6.07, 6.45) is 1.57. The minimum absolute atomic E-state index is 0.0198. The molecule has 0 atom stereocenters. The normalized spacial score (nSPS) is 15.8. The summed E-state index contributed by atoms with van der Waals surface area (Å²) < 4.78 is 13.9. The van der Waals surface area contributed by atoms with Crippen LogP contribution in [0.1, 0.15) is 29.5 Å². The summed E-state index contributed by atoms with van der Waals surface area (Å²) in [4.78, 5) is 14.6. The predicted molar refractivity (Wildman–Crippen MR) is 102 cm³/mol. The Morgan fingerprint density at radius 2 is 1.92 bits per heavy atom. The summed E-state index contributed by atoms with van der Waals surface area (Å²) in [5, 5.41) is 3.51. The van der Waals surface area contributed by atoms with Crippen LogP contribution >= 0.6 is 11.6 Å². The standard InChI is InChI=1S/C21H24ClFN2O/c1-15-5-2-3-6-17(15)13-24-21(26)16-9-11-25(12-10-16)14-18-19(22)7-4-8-20(18)23/h2-8,16H,9-14H2,1H3,(H,24,26). The van der Waals surface area contributed by atoms with E-state index in [0.29, 0.717) is 23.7 Å². The van der Waals surface area contributed by atoms with Gasteiger partial charge in [-0.15, -0.1) is 0 Å². The Hall–Kier alpha value is -1.91. The van der Waals surface area contributed by atoms with E-state index in [4.69, 9.17) is 11.6 Å². The average molecular weight is 375 g/mol. The van der Waals surface area contributed by atoms with E-state index in [1.807, 2.05) is 31.2 Å². The third-order valence-electron chi connectivity index (χ3n) is 5.12. The van der Waals surface area contributed by atoms with Gasteiger partial charge in [0.15, 0.2) is 0 Å². The second kappa shape index (κ2) is 8.65. The van der Waals surface area contributed by atoms with Crippen molar-refractivity contribution in [2.24, 2.45) is 5.92 Å². The van der Waals surface area contributed by atoms with Crippen LogP contribution in [0.2, 0.25) is 5.02 Å². The fourth-order valence-electron chi connectivity index (χ4n) is 3.40. The average Bonchev–Trinajstić information content (AvgIpc) is 2.64. The largest absolute Gasteiger partial charge is 0.352 e. The van der Waals surface area contributed by atoms with E-state index in [2.05, 4.69) is 10.2 Å². The summed E-state index contributed by atoms with van der Waals surface area (Å²) in [6.45, 7) is 4.65. The molecule has 0 aliphatic carbocycles. The van der Waals surface area contributed by atoms with Crippen molar-refractivity contribution in [2.45, 2.75) is 32.9 Å². The highest BCUT2D eigenvalue weighted by Crippen LogP contribution is 2.24. The molecule has 1 fully saturated rings. The van der Waals surface area contributed by atoms with E-state index in [9.17, 15) is 9.18 Å². The van der Waals surface area contributed by atoms with Gasteiger partial charge in [-0.25, -0.2) is 4.39 Å². The molecule has 0 aromatic heterocycles. The van der Waals surface area contributed by atoms with Gasteiger partial charge in [-0.1, -0.05) is 41.9 Å². The molecule has 0 unspecified atom stereocenters. The van der Waals surface area contributed by atoms with Gasteiger partial charge in [0.25, 0.3) is 0 Å². The van der Waals surface area contributed by atoms with E-state index in [-0.39, 0.29) is 17.6 Å². The number of aryl methyl sites for hydroxylation is 1. The number of carbonyl (C=O) groups excluding carboxylic acids is 1. The number of likely N-dealkylation sites (tertiary alicyclic amines) is 1. The molecule has 1 heterocycles. The number of halogens is 2. The highest BCUT2D eigenvalue weighted by molar-refractivity contribution is 6.31. The van der Waals surface area contributed by atoms with Crippen molar-refractivity contribution in [3.63, 3.8) is 0 Å². The zero-order valence-corrected chi connectivity index (χ0v) is 15.7. The summed E-state index contributed by atoms with van der Waals surface area (Å²) in [6, 6.07) is 12.8. The maximum Gasteiger partial charge on any atom is 0.223 e. The Kier molecular flexibility index (Phi) is 6.28. The van der Waals surface area contributed by atoms with Crippen LogP contribution in [0.5, 0.6) is 0 Å². The van der Waals surface area contributed by atoms with Gasteiger partial charge < -0.3 is 5.32 Å². The first-order valence-corrected chi connectivity index (χ1v) is 9.40. The van der Waals surface area contributed by atoms with Crippen molar-refractivity contribution < 1.29 is 9.18 Å².